The molecular formula is C13H20N6O5. The summed E-state index contributed by atoms with van der Waals surface area (Å²) < 4.78 is 6.93. The van der Waals surface area contributed by atoms with E-state index in [9.17, 15) is 9.59 Å². The summed E-state index contributed by atoms with van der Waals surface area (Å²) in [6, 6.07) is 1.37. The van der Waals surface area contributed by atoms with Gasteiger partial charge in [-0.3, -0.25) is 19.5 Å². The maximum absolute atomic E-state index is 11.2. The maximum atomic E-state index is 11.2. The zero-order chi connectivity index (χ0) is 17.9. The summed E-state index contributed by atoms with van der Waals surface area (Å²) in [4.78, 5) is 37.5. The number of aromatic nitrogens is 5. The highest BCUT2D eigenvalue weighted by atomic mass is 16.5. The summed E-state index contributed by atoms with van der Waals surface area (Å²) in [6.07, 6.45) is 1.65. The summed E-state index contributed by atoms with van der Waals surface area (Å²) >= 11 is 0. The van der Waals surface area contributed by atoms with Crippen molar-refractivity contribution in [3.05, 3.63) is 44.8 Å². The molecule has 0 atom stereocenters. The largest absolute Gasteiger partial charge is 0.483 e. The molecule has 3 N–H and O–H groups in total. The van der Waals surface area contributed by atoms with Gasteiger partial charge in [0.15, 0.2) is 0 Å². The average molecular weight is 340 g/mol. The number of carboxylic acid groups (broad SMARTS) is 1. The van der Waals surface area contributed by atoms with E-state index in [4.69, 9.17) is 14.6 Å². The van der Waals surface area contributed by atoms with Gasteiger partial charge < -0.3 is 19.4 Å². The molecule has 0 saturated carbocycles. The van der Waals surface area contributed by atoms with Crippen LogP contribution in [0.1, 0.15) is 11.5 Å². The first-order chi connectivity index (χ1) is 11.5. The fraction of sp³-hybridized carbons (Fsp3) is 0.462. The molecule has 132 valence electrons. The summed E-state index contributed by atoms with van der Waals surface area (Å²) in [5.74, 6) is 0.793. The molecule has 2 aromatic rings. The Labute approximate surface area is 136 Å². The first kappa shape index (κ1) is 19.3. The van der Waals surface area contributed by atoms with Gasteiger partial charge in [0, 0.05) is 32.0 Å². The fourth-order valence-corrected chi connectivity index (χ4v) is 1.97. The zero-order valence-corrected chi connectivity index (χ0v) is 13.4. The fourth-order valence-electron chi connectivity index (χ4n) is 1.97. The summed E-state index contributed by atoms with van der Waals surface area (Å²) in [5, 5.41) is 14.8. The Balaban J connectivity index is 0.000000891. The van der Waals surface area contributed by atoms with Gasteiger partial charge in [0.1, 0.15) is 12.2 Å². The normalized spacial score (nSPS) is 10.3. The van der Waals surface area contributed by atoms with Gasteiger partial charge in [0.2, 0.25) is 0 Å². The smallest absolute Gasteiger partial charge is 0.325 e. The first-order valence-electron chi connectivity index (χ1n) is 6.94. The van der Waals surface area contributed by atoms with E-state index >= 15 is 0 Å². The predicted molar refractivity (Wildman–Crippen MR) is 83.4 cm³/mol. The van der Waals surface area contributed by atoms with Gasteiger partial charge >= 0.3 is 5.69 Å². The van der Waals surface area contributed by atoms with E-state index in [2.05, 4.69) is 20.2 Å². The molecule has 2 aromatic heterocycles. The summed E-state index contributed by atoms with van der Waals surface area (Å²) in [6.45, 7) is 1.97. The minimum Gasteiger partial charge on any atom is -0.483 e. The number of nitrogens with zero attached hydrogens (tertiary/aromatic N) is 4. The van der Waals surface area contributed by atoms with Crippen molar-refractivity contribution in [1.29, 1.82) is 0 Å². The minimum atomic E-state index is -0.505. The Morgan fingerprint density at radius 1 is 1.38 bits per heavy atom. The van der Waals surface area contributed by atoms with Gasteiger partial charge in [0.05, 0.1) is 13.2 Å². The molecular weight excluding hydrogens is 320 g/mol. The summed E-state index contributed by atoms with van der Waals surface area (Å²) in [7, 11) is 3.51. The molecule has 0 radical (unpaired) electrons. The minimum absolute atomic E-state index is 0.250. The van der Waals surface area contributed by atoms with Crippen LogP contribution in [0.3, 0.4) is 0 Å². The van der Waals surface area contributed by atoms with Crippen molar-refractivity contribution in [1.82, 2.24) is 29.6 Å². The topological polar surface area (TPSA) is 146 Å². The highest BCUT2D eigenvalue weighted by Crippen LogP contribution is 2.03. The second kappa shape index (κ2) is 10.1. The average Bonchev–Trinajstić information content (AvgIpc) is 2.91. The third kappa shape index (κ3) is 6.54. The Hall–Kier alpha value is -2.79. The zero-order valence-electron chi connectivity index (χ0n) is 13.4. The van der Waals surface area contributed by atoms with Crippen LogP contribution in [-0.2, 0) is 29.2 Å². The van der Waals surface area contributed by atoms with Crippen LogP contribution in [0.15, 0.2) is 22.0 Å². The van der Waals surface area contributed by atoms with Crippen LogP contribution in [0, 0.1) is 0 Å². The van der Waals surface area contributed by atoms with E-state index in [1.807, 2.05) is 16.5 Å². The van der Waals surface area contributed by atoms with Gasteiger partial charge in [-0.1, -0.05) is 0 Å². The number of H-pyrrole nitrogens is 2. The van der Waals surface area contributed by atoms with Gasteiger partial charge in [-0.2, -0.15) is 0 Å². The number of nitrogens with one attached hydrogen (secondary N) is 2. The number of methoxy groups -OCH3 is 1. The van der Waals surface area contributed by atoms with Crippen molar-refractivity contribution in [3.8, 4) is 0 Å². The molecule has 0 aliphatic carbocycles. The quantitative estimate of drug-likeness (QED) is 0.523. The standard InChI is InChI=1S/C12H18N6O3.CH2O2/c1-17(6-9-5-11(19)15-12(20)14-9)7-10-16-13-8-18(10)3-4-21-2;2-1-3/h5,8H,3-4,6-7H2,1-2H3,(H2,14,15,19,20);1H,(H,2,3). The van der Waals surface area contributed by atoms with Crippen molar-refractivity contribution >= 4 is 6.47 Å². The maximum Gasteiger partial charge on any atom is 0.325 e. The Kier molecular flexibility index (Phi) is 8.08. The third-order valence-electron chi connectivity index (χ3n) is 2.90. The number of carbonyl (C=O) groups is 1. The molecule has 24 heavy (non-hydrogen) atoms. The second-order valence-corrected chi connectivity index (χ2v) is 4.82. The molecule has 0 aliphatic heterocycles. The number of rotatable bonds is 7. The summed E-state index contributed by atoms with van der Waals surface area (Å²) in [5.41, 5.74) is -0.367. The van der Waals surface area contributed by atoms with Crippen molar-refractivity contribution in [2.24, 2.45) is 0 Å². The number of hydrogen-bond donors (Lipinski definition) is 3. The monoisotopic (exact) mass is 340 g/mol. The van der Waals surface area contributed by atoms with Crippen molar-refractivity contribution < 1.29 is 14.6 Å². The van der Waals surface area contributed by atoms with Gasteiger partial charge in [-0.15, -0.1) is 10.2 Å². The number of aromatic amines is 2. The SMILES string of the molecule is COCCn1cnnc1CN(C)Cc1cc(=O)[nH]c(=O)[nH]1.O=CO. The van der Waals surface area contributed by atoms with Gasteiger partial charge in [-0.25, -0.2) is 4.79 Å². The van der Waals surface area contributed by atoms with Gasteiger partial charge in [-0.05, 0) is 7.05 Å². The molecule has 2 heterocycles. The molecule has 0 unspecified atom stereocenters. The van der Waals surface area contributed by atoms with Crippen LogP contribution < -0.4 is 11.2 Å². The lowest BCUT2D eigenvalue weighted by Gasteiger charge is -2.16. The van der Waals surface area contributed by atoms with Crippen LogP contribution in [0.25, 0.3) is 0 Å². The number of hydrogen-bond acceptors (Lipinski definition) is 7. The predicted octanol–water partition coefficient (Wildman–Crippen LogP) is -1.37. The highest BCUT2D eigenvalue weighted by molar-refractivity contribution is 5.32. The Morgan fingerprint density at radius 2 is 2.08 bits per heavy atom. The van der Waals surface area contributed by atoms with Crippen LogP contribution in [0.2, 0.25) is 0 Å². The van der Waals surface area contributed by atoms with E-state index in [1.165, 1.54) is 6.07 Å². The van der Waals surface area contributed by atoms with E-state index in [-0.39, 0.29) is 6.47 Å². The van der Waals surface area contributed by atoms with Crippen LogP contribution in [-0.4, -0.2) is 62.0 Å². The van der Waals surface area contributed by atoms with Crippen LogP contribution in [0.5, 0.6) is 0 Å². The lowest BCUT2D eigenvalue weighted by molar-refractivity contribution is -0.122. The first-order valence-corrected chi connectivity index (χ1v) is 6.94. The molecule has 0 aliphatic rings. The van der Waals surface area contributed by atoms with E-state index in [1.54, 1.807) is 13.4 Å². The highest BCUT2D eigenvalue weighted by Gasteiger charge is 2.09. The second-order valence-electron chi connectivity index (χ2n) is 4.82. The molecule has 0 saturated heterocycles. The van der Waals surface area contributed by atoms with Crippen LogP contribution >= 0.6 is 0 Å². The van der Waals surface area contributed by atoms with Crippen molar-refractivity contribution in [3.63, 3.8) is 0 Å². The third-order valence-corrected chi connectivity index (χ3v) is 2.90. The number of ether oxygens (including phenoxy) is 1. The van der Waals surface area contributed by atoms with Gasteiger partial charge in [0.25, 0.3) is 12.0 Å². The lowest BCUT2D eigenvalue weighted by Crippen LogP contribution is -2.27. The van der Waals surface area contributed by atoms with Crippen molar-refractivity contribution in [2.75, 3.05) is 20.8 Å². The van der Waals surface area contributed by atoms with E-state index < -0.39 is 11.2 Å². The molecule has 11 nitrogen and oxygen atoms in total. The van der Waals surface area contributed by atoms with E-state index in [0.29, 0.717) is 31.9 Å². The molecule has 0 aromatic carbocycles. The molecule has 0 bridgehead atoms. The Morgan fingerprint density at radius 3 is 2.71 bits per heavy atom. The van der Waals surface area contributed by atoms with Crippen molar-refractivity contribution in [2.45, 2.75) is 19.6 Å². The van der Waals surface area contributed by atoms with Crippen LogP contribution in [0.4, 0.5) is 0 Å². The Bertz CT molecular complexity index is 708. The molecule has 11 heteroatoms. The molecule has 0 spiro atoms. The lowest BCUT2D eigenvalue weighted by atomic mass is 10.3. The molecule has 0 amide bonds. The van der Waals surface area contributed by atoms with E-state index in [0.717, 1.165) is 5.82 Å². The molecule has 2 rings (SSSR count). The molecule has 0 fully saturated rings.